The quantitative estimate of drug-likeness (QED) is 0.101. The van der Waals surface area contributed by atoms with Crippen LogP contribution in [0.4, 0.5) is 34.0 Å². The molecule has 4 heterocycles. The minimum Gasteiger partial charge on any atom is 3.00 e. The molecule has 0 saturated carbocycles. The van der Waals surface area contributed by atoms with Crippen LogP contribution in [-0.4, -0.2) is 19.9 Å². The van der Waals surface area contributed by atoms with E-state index in [1.165, 1.54) is 35.4 Å². The molecule has 2 aromatic carbocycles. The van der Waals surface area contributed by atoms with Crippen LogP contribution in [0, 0.1) is 37.6 Å². The topological polar surface area (TPSA) is 51.6 Å². The van der Waals surface area contributed by atoms with Gasteiger partial charge in [0, 0.05) is 36.4 Å². The maximum atomic E-state index is 12.6. The number of halogens is 8. The van der Waals surface area contributed by atoms with E-state index in [0.717, 1.165) is 45.0 Å². The maximum absolute atomic E-state index is 12.6. The Hall–Kier alpha value is -4.44. The van der Waals surface area contributed by atoms with Gasteiger partial charge in [-0.1, -0.05) is 65.8 Å². The first-order valence-electron chi connectivity index (χ1n) is 16.8. The average Bonchev–Trinajstić information content (AvgIpc) is 3.08. The van der Waals surface area contributed by atoms with E-state index in [-0.39, 0.29) is 42.6 Å². The second-order valence-electron chi connectivity index (χ2n) is 14.6. The van der Waals surface area contributed by atoms with E-state index in [9.17, 15) is 34.0 Å². The zero-order chi connectivity index (χ0) is 41.3. The van der Waals surface area contributed by atoms with Gasteiger partial charge in [-0.05, 0) is 82.6 Å². The van der Waals surface area contributed by atoms with Crippen molar-refractivity contribution in [2.24, 2.45) is 0 Å². The van der Waals surface area contributed by atoms with Crippen molar-refractivity contribution in [2.75, 3.05) is 0 Å². The summed E-state index contributed by atoms with van der Waals surface area (Å²) in [7, 11) is -10.7. The Kier molecular flexibility index (Phi) is 15.5. The van der Waals surface area contributed by atoms with Gasteiger partial charge in [-0.15, -0.1) is 59.7 Å². The molecule has 0 radical (unpaired) electrons. The summed E-state index contributed by atoms with van der Waals surface area (Å²) >= 11 is 0. The van der Waals surface area contributed by atoms with Crippen LogP contribution < -0.4 is 0 Å². The molecular weight excluding hydrogens is 936 g/mol. The van der Waals surface area contributed by atoms with E-state index in [1.54, 1.807) is 24.5 Å². The number of aromatic nitrogens is 4. The summed E-state index contributed by atoms with van der Waals surface area (Å²) < 4.78 is 84.4. The van der Waals surface area contributed by atoms with Crippen LogP contribution in [0.3, 0.4) is 0 Å². The molecular formula is C42H42F8IrN4P. The van der Waals surface area contributed by atoms with E-state index in [4.69, 9.17) is 0 Å². The minimum atomic E-state index is -10.7. The average molecular weight is 978 g/mol. The van der Waals surface area contributed by atoms with E-state index >= 15 is 0 Å². The van der Waals surface area contributed by atoms with Crippen molar-refractivity contribution < 1.29 is 54.1 Å². The zero-order valence-corrected chi connectivity index (χ0v) is 35.3. The van der Waals surface area contributed by atoms with E-state index in [1.807, 2.05) is 50.5 Å². The monoisotopic (exact) mass is 978 g/mol. The Bertz CT molecular complexity index is 1890. The first-order valence-corrected chi connectivity index (χ1v) is 18.9. The molecule has 0 fully saturated rings. The van der Waals surface area contributed by atoms with Crippen LogP contribution in [0.2, 0.25) is 0 Å². The van der Waals surface area contributed by atoms with E-state index in [2.05, 4.69) is 97.9 Å². The predicted octanol–water partition coefficient (Wildman–Crippen LogP) is 14.1. The number of hydrogen-bond acceptors (Lipinski definition) is 4. The molecule has 0 N–H and O–H groups in total. The summed E-state index contributed by atoms with van der Waals surface area (Å²) in [5.41, 5.74) is 10.2. The van der Waals surface area contributed by atoms with Gasteiger partial charge in [-0.3, -0.25) is 18.7 Å². The molecule has 300 valence electrons. The fourth-order valence-corrected chi connectivity index (χ4v) is 4.46. The fourth-order valence-electron chi connectivity index (χ4n) is 4.46. The Morgan fingerprint density at radius 2 is 0.821 bits per heavy atom. The molecule has 0 atom stereocenters. The minimum absolute atomic E-state index is 0. The molecule has 0 aliphatic heterocycles. The molecule has 4 aromatic heterocycles. The van der Waals surface area contributed by atoms with Gasteiger partial charge in [0.15, 0.2) is 0 Å². The van der Waals surface area contributed by atoms with Crippen LogP contribution >= 0.6 is 7.81 Å². The summed E-state index contributed by atoms with van der Waals surface area (Å²) in [4.78, 5) is 17.4. The summed E-state index contributed by atoms with van der Waals surface area (Å²) in [6.07, 6.45) is 7.32. The number of benzene rings is 2. The smallest absolute Gasteiger partial charge is 3.00 e. The van der Waals surface area contributed by atoms with Gasteiger partial charge in [0.25, 0.3) is 0 Å². The van der Waals surface area contributed by atoms with Crippen LogP contribution in [-0.2, 0) is 30.9 Å². The van der Waals surface area contributed by atoms with Gasteiger partial charge in [-0.25, -0.2) is 0 Å². The molecule has 0 bridgehead atoms. The van der Waals surface area contributed by atoms with Gasteiger partial charge < -0.3 is 9.97 Å². The van der Waals surface area contributed by atoms with Crippen molar-refractivity contribution in [3.05, 3.63) is 156 Å². The second-order valence-corrected chi connectivity index (χ2v) is 16.5. The standard InChI is InChI=1S/C18H24N2.2C12H9FN.F6P.Ir/c1-17(2,3)13-7-9-19-15(11-13)16-12-14(8-10-20-16)18(4,5)6;2*1-9-2-7-12(14-8-9)10-3-5-11(13)6-4-10;1-7(2,3,4,5)6;/h7-12H,1-6H3;2*2-3,5-8H,1H3;;/q;3*-1;+3. The molecule has 0 saturated heterocycles. The first-order chi connectivity index (χ1) is 25.1. The molecule has 0 unspecified atom stereocenters. The predicted molar refractivity (Wildman–Crippen MR) is 205 cm³/mol. The molecule has 6 rings (SSSR count). The number of aryl methyl sites for hydroxylation is 2. The van der Waals surface area contributed by atoms with Gasteiger partial charge in [0.1, 0.15) is 0 Å². The summed E-state index contributed by atoms with van der Waals surface area (Å²) in [5, 5.41) is 0. The molecule has 0 spiro atoms. The van der Waals surface area contributed by atoms with Crippen LogP contribution in [0.25, 0.3) is 33.9 Å². The summed E-state index contributed by atoms with van der Waals surface area (Å²) in [5.74, 6) is -0.554. The molecule has 6 aromatic rings. The Balaban J connectivity index is 0.000000270. The number of rotatable bonds is 3. The molecule has 56 heavy (non-hydrogen) atoms. The largest absolute Gasteiger partial charge is 3.00 e. The molecule has 0 amide bonds. The van der Waals surface area contributed by atoms with Crippen molar-refractivity contribution in [2.45, 2.75) is 66.2 Å². The van der Waals surface area contributed by atoms with Crippen LogP contribution in [0.5, 0.6) is 0 Å². The molecule has 14 heteroatoms. The Morgan fingerprint density at radius 1 is 0.482 bits per heavy atom. The molecule has 0 aliphatic carbocycles. The number of hydrogen-bond donors (Lipinski definition) is 0. The van der Waals surface area contributed by atoms with Crippen molar-refractivity contribution in [3.63, 3.8) is 0 Å². The van der Waals surface area contributed by atoms with Gasteiger partial charge in [0.05, 0.1) is 11.4 Å². The molecule has 0 aliphatic rings. The zero-order valence-electron chi connectivity index (χ0n) is 32.0. The SMILES string of the molecule is CC(C)(C)c1ccnc(-c2cc(C(C)(C)C)ccn2)c1.Cc1ccc(-c2[c-]cc(F)cc2)nc1.Cc1ccc(-c2[c-]cc(F)cc2)nc1.F[P-](F)(F)(F)(F)F.[Ir+3]. The van der Waals surface area contributed by atoms with Crippen molar-refractivity contribution >= 4 is 7.81 Å². The van der Waals surface area contributed by atoms with Crippen molar-refractivity contribution in [1.29, 1.82) is 0 Å². The summed E-state index contributed by atoms with van der Waals surface area (Å²) in [6.45, 7) is 17.2. The van der Waals surface area contributed by atoms with Crippen LogP contribution in [0.15, 0.2) is 110 Å². The van der Waals surface area contributed by atoms with E-state index < -0.39 is 7.81 Å². The Labute approximate surface area is 336 Å². The number of nitrogens with zero attached hydrogens (tertiary/aromatic N) is 4. The maximum Gasteiger partial charge on any atom is 3.00 e. The third-order valence-corrected chi connectivity index (χ3v) is 7.44. The van der Waals surface area contributed by atoms with Crippen LogP contribution in [0.1, 0.15) is 63.8 Å². The first kappa shape index (κ1) is 47.7. The summed E-state index contributed by atoms with van der Waals surface area (Å²) in [6, 6.07) is 30.7. The van der Waals surface area contributed by atoms with Crippen molar-refractivity contribution in [3.8, 4) is 33.9 Å². The second kappa shape index (κ2) is 18.2. The number of pyridine rings is 4. The normalized spacial score (nSPS) is 12.4. The fraction of sp³-hybridized carbons (Fsp3) is 0.238. The Morgan fingerprint density at radius 3 is 1.07 bits per heavy atom. The molecule has 4 nitrogen and oxygen atoms in total. The third-order valence-electron chi connectivity index (χ3n) is 7.44. The van der Waals surface area contributed by atoms with Gasteiger partial charge >= 0.3 is 53.1 Å². The third kappa shape index (κ3) is 18.5. The van der Waals surface area contributed by atoms with Gasteiger partial charge in [-0.2, -0.15) is 0 Å². The van der Waals surface area contributed by atoms with Crippen molar-refractivity contribution in [1.82, 2.24) is 19.9 Å². The van der Waals surface area contributed by atoms with Gasteiger partial charge in [0.2, 0.25) is 0 Å². The van der Waals surface area contributed by atoms with E-state index in [0.29, 0.717) is 0 Å².